The molecule has 1 aromatic carbocycles. The molecule has 1 heterocycles. The monoisotopic (exact) mass is 312 g/mol. The molecular formula is C15H15F3N2O2. The van der Waals surface area contributed by atoms with Gasteiger partial charge in [-0.05, 0) is 25.0 Å². The molecule has 2 amide bonds. The second-order valence-electron chi connectivity index (χ2n) is 5.81. The van der Waals surface area contributed by atoms with Gasteiger partial charge in [0.15, 0.2) is 17.5 Å². The van der Waals surface area contributed by atoms with Crippen LogP contribution in [0.3, 0.4) is 0 Å². The van der Waals surface area contributed by atoms with Crippen molar-refractivity contribution < 1.29 is 22.8 Å². The largest absolute Gasteiger partial charge is 0.352 e. The first-order valence-corrected chi connectivity index (χ1v) is 7.18. The maximum absolute atomic E-state index is 13.1. The zero-order chi connectivity index (χ0) is 15.9. The lowest BCUT2D eigenvalue weighted by Crippen LogP contribution is -2.32. The van der Waals surface area contributed by atoms with Gasteiger partial charge in [-0.25, -0.2) is 13.2 Å². The fraction of sp³-hybridized carbons (Fsp3) is 0.467. The molecule has 4 nitrogen and oxygen atoms in total. The number of nitrogens with zero attached hydrogens (tertiary/aromatic N) is 1. The zero-order valence-electron chi connectivity index (χ0n) is 11.7. The van der Waals surface area contributed by atoms with Crippen LogP contribution in [0.4, 0.5) is 13.2 Å². The van der Waals surface area contributed by atoms with Crippen LogP contribution in [-0.2, 0) is 4.79 Å². The predicted octanol–water partition coefficient (Wildman–Crippen LogP) is 1.84. The summed E-state index contributed by atoms with van der Waals surface area (Å²) in [6.07, 6.45) is 2.42. The number of likely N-dealkylation sites (tertiary alicyclic amines) is 1. The third-order valence-electron chi connectivity index (χ3n) is 4.02. The molecule has 1 N–H and O–H groups in total. The van der Waals surface area contributed by atoms with Crippen molar-refractivity contribution in [3.05, 3.63) is 35.1 Å². The number of carbonyl (C=O) groups excluding carboxylic acids is 2. The van der Waals surface area contributed by atoms with E-state index in [0.29, 0.717) is 31.1 Å². The highest BCUT2D eigenvalue weighted by Crippen LogP contribution is 2.32. The van der Waals surface area contributed by atoms with Crippen molar-refractivity contribution in [2.24, 2.45) is 5.92 Å². The summed E-state index contributed by atoms with van der Waals surface area (Å²) in [6, 6.07) is 1.65. The number of benzene rings is 1. The summed E-state index contributed by atoms with van der Waals surface area (Å²) in [7, 11) is 0. The molecule has 22 heavy (non-hydrogen) atoms. The SMILES string of the molecule is O=C(NC[C@H]1CC(=O)N(C2CC2)C1)c1cc(F)c(F)c(F)c1. The topological polar surface area (TPSA) is 49.4 Å². The maximum atomic E-state index is 13.1. The van der Waals surface area contributed by atoms with Crippen molar-refractivity contribution in [3.63, 3.8) is 0 Å². The number of rotatable bonds is 4. The highest BCUT2D eigenvalue weighted by atomic mass is 19.2. The minimum absolute atomic E-state index is 0.00723. The quantitative estimate of drug-likeness (QED) is 0.863. The molecule has 3 rings (SSSR count). The Morgan fingerprint density at radius 2 is 1.86 bits per heavy atom. The fourth-order valence-corrected chi connectivity index (χ4v) is 2.71. The molecule has 1 aromatic rings. The van der Waals surface area contributed by atoms with Gasteiger partial charge in [0, 0.05) is 37.0 Å². The van der Waals surface area contributed by atoms with Gasteiger partial charge in [-0.2, -0.15) is 0 Å². The van der Waals surface area contributed by atoms with Crippen LogP contribution in [0.2, 0.25) is 0 Å². The first-order chi connectivity index (χ1) is 10.5. The van der Waals surface area contributed by atoms with Crippen molar-refractivity contribution in [3.8, 4) is 0 Å². The molecular weight excluding hydrogens is 297 g/mol. The fourth-order valence-electron chi connectivity index (χ4n) is 2.71. The van der Waals surface area contributed by atoms with Gasteiger partial charge in [0.1, 0.15) is 0 Å². The third-order valence-corrected chi connectivity index (χ3v) is 4.02. The van der Waals surface area contributed by atoms with Crippen molar-refractivity contribution in [1.82, 2.24) is 10.2 Å². The molecule has 0 spiro atoms. The van der Waals surface area contributed by atoms with Crippen LogP contribution >= 0.6 is 0 Å². The Hall–Kier alpha value is -2.05. The van der Waals surface area contributed by atoms with Crippen LogP contribution in [0, 0.1) is 23.4 Å². The molecule has 0 unspecified atom stereocenters. The summed E-state index contributed by atoms with van der Waals surface area (Å²) in [5.74, 6) is -5.01. The minimum atomic E-state index is -1.60. The molecule has 1 saturated heterocycles. The number of carbonyl (C=O) groups is 2. The number of amides is 2. The van der Waals surface area contributed by atoms with E-state index in [1.807, 2.05) is 4.90 Å². The van der Waals surface area contributed by atoms with E-state index in [1.165, 1.54) is 0 Å². The van der Waals surface area contributed by atoms with Crippen LogP contribution in [-0.4, -0.2) is 35.8 Å². The van der Waals surface area contributed by atoms with E-state index in [4.69, 9.17) is 0 Å². The second kappa shape index (κ2) is 5.62. The van der Waals surface area contributed by atoms with Crippen LogP contribution in [0.25, 0.3) is 0 Å². The smallest absolute Gasteiger partial charge is 0.251 e. The number of hydrogen-bond donors (Lipinski definition) is 1. The van der Waals surface area contributed by atoms with Gasteiger partial charge >= 0.3 is 0 Å². The summed E-state index contributed by atoms with van der Waals surface area (Å²) in [5, 5.41) is 2.54. The van der Waals surface area contributed by atoms with Gasteiger partial charge < -0.3 is 10.2 Å². The number of halogens is 3. The molecule has 118 valence electrons. The van der Waals surface area contributed by atoms with Crippen LogP contribution < -0.4 is 5.32 Å². The first kappa shape index (κ1) is 14.9. The molecule has 0 aromatic heterocycles. The molecule has 1 aliphatic heterocycles. The van der Waals surface area contributed by atoms with Gasteiger partial charge in [0.2, 0.25) is 5.91 Å². The summed E-state index contributed by atoms with van der Waals surface area (Å²) in [4.78, 5) is 25.5. The van der Waals surface area contributed by atoms with Crippen molar-refractivity contribution in [2.75, 3.05) is 13.1 Å². The average molecular weight is 312 g/mol. The Labute approximate surface area is 125 Å². The average Bonchev–Trinajstić information content (AvgIpc) is 3.25. The third kappa shape index (κ3) is 2.93. The Morgan fingerprint density at radius 1 is 1.23 bits per heavy atom. The highest BCUT2D eigenvalue weighted by molar-refractivity contribution is 5.94. The molecule has 0 bridgehead atoms. The van der Waals surface area contributed by atoms with Gasteiger partial charge in [-0.15, -0.1) is 0 Å². The first-order valence-electron chi connectivity index (χ1n) is 7.18. The summed E-state index contributed by atoms with van der Waals surface area (Å²) < 4.78 is 39.0. The van der Waals surface area contributed by atoms with E-state index in [1.54, 1.807) is 0 Å². The summed E-state index contributed by atoms with van der Waals surface area (Å²) in [5.41, 5.74) is -0.278. The molecule has 2 fully saturated rings. The molecule has 7 heteroatoms. The Balaban J connectivity index is 1.57. The van der Waals surface area contributed by atoms with Gasteiger partial charge in [0.05, 0.1) is 0 Å². The maximum Gasteiger partial charge on any atom is 0.251 e. The minimum Gasteiger partial charge on any atom is -0.352 e. The van der Waals surface area contributed by atoms with E-state index >= 15 is 0 Å². The van der Waals surface area contributed by atoms with E-state index in [2.05, 4.69) is 5.32 Å². The second-order valence-corrected chi connectivity index (χ2v) is 5.81. The number of hydrogen-bond acceptors (Lipinski definition) is 2. The van der Waals surface area contributed by atoms with Crippen molar-refractivity contribution >= 4 is 11.8 Å². The van der Waals surface area contributed by atoms with E-state index in [9.17, 15) is 22.8 Å². The molecule has 1 aliphatic carbocycles. The molecule has 1 atom stereocenters. The normalized spacial score (nSPS) is 21.3. The van der Waals surface area contributed by atoms with E-state index in [0.717, 1.165) is 12.8 Å². The predicted molar refractivity (Wildman–Crippen MR) is 71.5 cm³/mol. The van der Waals surface area contributed by atoms with Gasteiger partial charge in [0.25, 0.3) is 5.91 Å². The van der Waals surface area contributed by atoms with Crippen LogP contribution in [0.5, 0.6) is 0 Å². The van der Waals surface area contributed by atoms with Crippen LogP contribution in [0.15, 0.2) is 12.1 Å². The van der Waals surface area contributed by atoms with E-state index in [-0.39, 0.29) is 23.9 Å². The van der Waals surface area contributed by atoms with Gasteiger partial charge in [-0.3, -0.25) is 9.59 Å². The lowest BCUT2D eigenvalue weighted by molar-refractivity contribution is -0.128. The van der Waals surface area contributed by atoms with Crippen LogP contribution in [0.1, 0.15) is 29.6 Å². The van der Waals surface area contributed by atoms with Crippen molar-refractivity contribution in [1.29, 1.82) is 0 Å². The summed E-state index contributed by atoms with van der Waals surface area (Å²) in [6.45, 7) is 0.838. The lowest BCUT2D eigenvalue weighted by Gasteiger charge is -2.15. The zero-order valence-corrected chi connectivity index (χ0v) is 11.7. The molecule has 1 saturated carbocycles. The summed E-state index contributed by atoms with van der Waals surface area (Å²) >= 11 is 0. The van der Waals surface area contributed by atoms with E-state index < -0.39 is 23.4 Å². The Kier molecular flexibility index (Phi) is 3.80. The molecule has 0 radical (unpaired) electrons. The molecule has 2 aliphatic rings. The Bertz CT molecular complexity index is 608. The van der Waals surface area contributed by atoms with Gasteiger partial charge in [-0.1, -0.05) is 0 Å². The lowest BCUT2D eigenvalue weighted by atomic mass is 10.1. The number of nitrogens with one attached hydrogen (secondary N) is 1. The highest BCUT2D eigenvalue weighted by Gasteiger charge is 2.39. The Morgan fingerprint density at radius 3 is 2.45 bits per heavy atom. The standard InChI is InChI=1S/C15H15F3N2O2/c16-11-4-9(5-12(17)14(11)18)15(22)19-6-8-3-13(21)20(7-8)10-1-2-10/h4-5,8,10H,1-3,6-7H2,(H,19,22)/t8-/m1/s1. The van der Waals surface area contributed by atoms with Crippen molar-refractivity contribution in [2.45, 2.75) is 25.3 Å².